The van der Waals surface area contributed by atoms with Crippen LogP contribution in [0.3, 0.4) is 0 Å². The maximum absolute atomic E-state index is 5.56. The van der Waals surface area contributed by atoms with Crippen molar-refractivity contribution in [2.24, 2.45) is 5.73 Å². The third-order valence-corrected chi connectivity index (χ3v) is 3.22. The van der Waals surface area contributed by atoms with E-state index >= 15 is 0 Å². The number of nitrogens with zero attached hydrogens (tertiary/aromatic N) is 2. The first kappa shape index (κ1) is 12.0. The zero-order chi connectivity index (χ0) is 10.8. The summed E-state index contributed by atoms with van der Waals surface area (Å²) in [6.45, 7) is 11.1. The number of hydrogen-bond donors (Lipinski definition) is 1. The van der Waals surface area contributed by atoms with Crippen LogP contribution in [0.1, 0.15) is 27.2 Å². The Bertz CT molecular complexity index is 174. The van der Waals surface area contributed by atoms with Gasteiger partial charge in [0.1, 0.15) is 0 Å². The SMILES string of the molecule is CN(CCN)C1CCN(C(C)(C)C)C1. The molecule has 3 heteroatoms. The van der Waals surface area contributed by atoms with Crippen molar-refractivity contribution in [3.63, 3.8) is 0 Å². The van der Waals surface area contributed by atoms with Crippen molar-refractivity contribution in [2.75, 3.05) is 33.2 Å². The maximum atomic E-state index is 5.56. The molecular weight excluding hydrogens is 174 g/mol. The van der Waals surface area contributed by atoms with Gasteiger partial charge >= 0.3 is 0 Å². The van der Waals surface area contributed by atoms with Gasteiger partial charge in [0.15, 0.2) is 0 Å². The van der Waals surface area contributed by atoms with Crippen LogP contribution in [0.25, 0.3) is 0 Å². The van der Waals surface area contributed by atoms with Crippen molar-refractivity contribution in [1.82, 2.24) is 9.80 Å². The first-order valence-corrected chi connectivity index (χ1v) is 5.60. The first-order chi connectivity index (χ1) is 6.45. The highest BCUT2D eigenvalue weighted by Crippen LogP contribution is 2.22. The average Bonchev–Trinajstić information content (AvgIpc) is 2.51. The van der Waals surface area contributed by atoms with E-state index in [1.807, 2.05) is 0 Å². The van der Waals surface area contributed by atoms with Gasteiger partial charge in [0.2, 0.25) is 0 Å². The molecule has 0 aromatic carbocycles. The van der Waals surface area contributed by atoms with E-state index in [0.717, 1.165) is 13.1 Å². The van der Waals surface area contributed by atoms with Gasteiger partial charge in [0.05, 0.1) is 0 Å². The van der Waals surface area contributed by atoms with E-state index in [2.05, 4.69) is 37.6 Å². The van der Waals surface area contributed by atoms with Crippen molar-refractivity contribution in [2.45, 2.75) is 38.8 Å². The van der Waals surface area contributed by atoms with Crippen molar-refractivity contribution < 1.29 is 0 Å². The molecule has 0 aromatic heterocycles. The minimum absolute atomic E-state index is 0.318. The normalized spacial score (nSPS) is 24.9. The molecule has 1 saturated heterocycles. The highest BCUT2D eigenvalue weighted by atomic mass is 15.3. The summed E-state index contributed by atoms with van der Waals surface area (Å²) in [4.78, 5) is 4.95. The fourth-order valence-corrected chi connectivity index (χ4v) is 2.10. The molecule has 2 N–H and O–H groups in total. The van der Waals surface area contributed by atoms with E-state index < -0.39 is 0 Å². The Kier molecular flexibility index (Phi) is 3.93. The van der Waals surface area contributed by atoms with Gasteiger partial charge in [0.25, 0.3) is 0 Å². The van der Waals surface area contributed by atoms with E-state index in [0.29, 0.717) is 11.6 Å². The Morgan fingerprint density at radius 2 is 2.07 bits per heavy atom. The van der Waals surface area contributed by atoms with Crippen molar-refractivity contribution in [3.8, 4) is 0 Å². The number of likely N-dealkylation sites (N-methyl/N-ethyl adjacent to an activating group) is 1. The van der Waals surface area contributed by atoms with E-state index in [9.17, 15) is 0 Å². The smallest absolute Gasteiger partial charge is 0.0233 e. The molecule has 1 aliphatic rings. The Morgan fingerprint density at radius 3 is 2.50 bits per heavy atom. The lowest BCUT2D eigenvalue weighted by Crippen LogP contribution is -2.43. The monoisotopic (exact) mass is 199 g/mol. The van der Waals surface area contributed by atoms with Crippen molar-refractivity contribution >= 4 is 0 Å². The quantitative estimate of drug-likeness (QED) is 0.728. The summed E-state index contributed by atoms with van der Waals surface area (Å²) in [5.41, 5.74) is 5.88. The molecule has 1 unspecified atom stereocenters. The summed E-state index contributed by atoms with van der Waals surface area (Å²) in [5.74, 6) is 0. The second-order valence-corrected chi connectivity index (χ2v) is 5.33. The van der Waals surface area contributed by atoms with Crippen LogP contribution in [-0.2, 0) is 0 Å². The number of hydrogen-bond acceptors (Lipinski definition) is 3. The Labute approximate surface area is 88.2 Å². The molecule has 0 bridgehead atoms. The zero-order valence-corrected chi connectivity index (χ0v) is 10.1. The fraction of sp³-hybridized carbons (Fsp3) is 1.00. The van der Waals surface area contributed by atoms with Crippen LogP contribution in [0, 0.1) is 0 Å². The Morgan fingerprint density at radius 1 is 1.43 bits per heavy atom. The van der Waals surface area contributed by atoms with Gasteiger partial charge in [-0.3, -0.25) is 4.90 Å². The van der Waals surface area contributed by atoms with Gasteiger partial charge in [-0.25, -0.2) is 0 Å². The maximum Gasteiger partial charge on any atom is 0.0233 e. The molecule has 0 aliphatic carbocycles. The number of rotatable bonds is 3. The first-order valence-electron chi connectivity index (χ1n) is 5.60. The lowest BCUT2D eigenvalue weighted by atomic mass is 10.1. The van der Waals surface area contributed by atoms with Crippen LogP contribution in [0.4, 0.5) is 0 Å². The van der Waals surface area contributed by atoms with Gasteiger partial charge in [-0.2, -0.15) is 0 Å². The molecule has 0 saturated carbocycles. The zero-order valence-electron chi connectivity index (χ0n) is 10.1. The highest BCUT2D eigenvalue weighted by Gasteiger charge is 2.31. The third kappa shape index (κ3) is 2.94. The standard InChI is InChI=1S/C11H25N3/c1-11(2,3)14-7-5-10(9-14)13(4)8-6-12/h10H,5-9,12H2,1-4H3. The largest absolute Gasteiger partial charge is 0.329 e. The lowest BCUT2D eigenvalue weighted by molar-refractivity contribution is 0.154. The van der Waals surface area contributed by atoms with Gasteiger partial charge in [-0.1, -0.05) is 0 Å². The summed E-state index contributed by atoms with van der Waals surface area (Å²) >= 11 is 0. The van der Waals surface area contributed by atoms with E-state index in [4.69, 9.17) is 5.73 Å². The van der Waals surface area contributed by atoms with Gasteiger partial charge < -0.3 is 10.6 Å². The van der Waals surface area contributed by atoms with E-state index in [-0.39, 0.29) is 0 Å². The summed E-state index contributed by atoms with van der Waals surface area (Å²) < 4.78 is 0. The molecule has 1 fully saturated rings. The Hall–Kier alpha value is -0.120. The summed E-state index contributed by atoms with van der Waals surface area (Å²) in [5, 5.41) is 0. The predicted molar refractivity (Wildman–Crippen MR) is 61.4 cm³/mol. The van der Waals surface area contributed by atoms with Gasteiger partial charge in [-0.15, -0.1) is 0 Å². The van der Waals surface area contributed by atoms with Crippen LogP contribution in [0.2, 0.25) is 0 Å². The molecule has 0 amide bonds. The summed E-state index contributed by atoms with van der Waals surface area (Å²) in [6.07, 6.45) is 1.29. The van der Waals surface area contributed by atoms with Crippen LogP contribution in [0.15, 0.2) is 0 Å². The summed E-state index contributed by atoms with van der Waals surface area (Å²) in [6, 6.07) is 0.706. The van der Waals surface area contributed by atoms with E-state index in [1.165, 1.54) is 19.5 Å². The molecule has 14 heavy (non-hydrogen) atoms. The van der Waals surface area contributed by atoms with Gasteiger partial charge in [0, 0.05) is 37.8 Å². The average molecular weight is 199 g/mol. The molecule has 1 aliphatic heterocycles. The second kappa shape index (κ2) is 4.60. The fourth-order valence-electron chi connectivity index (χ4n) is 2.10. The topological polar surface area (TPSA) is 32.5 Å². The molecule has 1 rings (SSSR count). The molecular formula is C11H25N3. The van der Waals surface area contributed by atoms with Crippen LogP contribution >= 0.6 is 0 Å². The number of likely N-dealkylation sites (tertiary alicyclic amines) is 1. The second-order valence-electron chi connectivity index (χ2n) is 5.33. The van der Waals surface area contributed by atoms with Crippen LogP contribution < -0.4 is 5.73 Å². The molecule has 84 valence electrons. The lowest BCUT2D eigenvalue weighted by Gasteiger charge is -2.32. The molecule has 1 atom stereocenters. The summed E-state index contributed by atoms with van der Waals surface area (Å²) in [7, 11) is 2.18. The minimum Gasteiger partial charge on any atom is -0.329 e. The van der Waals surface area contributed by atoms with Crippen LogP contribution in [-0.4, -0.2) is 54.6 Å². The third-order valence-electron chi connectivity index (χ3n) is 3.22. The molecule has 3 nitrogen and oxygen atoms in total. The minimum atomic E-state index is 0.318. The molecule has 0 spiro atoms. The molecule has 1 heterocycles. The van der Waals surface area contributed by atoms with Crippen molar-refractivity contribution in [3.05, 3.63) is 0 Å². The van der Waals surface area contributed by atoms with E-state index in [1.54, 1.807) is 0 Å². The molecule has 0 radical (unpaired) electrons. The van der Waals surface area contributed by atoms with Gasteiger partial charge in [-0.05, 0) is 34.2 Å². The highest BCUT2D eigenvalue weighted by molar-refractivity contribution is 4.88. The molecule has 0 aromatic rings. The number of nitrogens with two attached hydrogens (primary N) is 1. The van der Waals surface area contributed by atoms with Crippen LogP contribution in [0.5, 0.6) is 0 Å². The Balaban J connectivity index is 2.41. The predicted octanol–water partition coefficient (Wildman–Crippen LogP) is 0.750. The van der Waals surface area contributed by atoms with Crippen molar-refractivity contribution in [1.29, 1.82) is 0 Å².